The van der Waals surface area contributed by atoms with Crippen LogP contribution in [0.4, 0.5) is 23.9 Å². The normalized spacial score (nSPS) is 19.8. The molecule has 3 N–H and O–H groups in total. The van der Waals surface area contributed by atoms with Crippen LogP contribution in [0.25, 0.3) is 0 Å². The first kappa shape index (κ1) is 32.2. The summed E-state index contributed by atoms with van der Waals surface area (Å²) in [6, 6.07) is 3.01. The summed E-state index contributed by atoms with van der Waals surface area (Å²) in [6.45, 7) is 7.67. The van der Waals surface area contributed by atoms with Crippen LogP contribution in [0.3, 0.4) is 0 Å². The summed E-state index contributed by atoms with van der Waals surface area (Å²) in [5.41, 5.74) is 7.10. The number of amidine groups is 1. The van der Waals surface area contributed by atoms with Gasteiger partial charge < -0.3 is 14.5 Å². The first-order valence-electron chi connectivity index (χ1n) is 13.6. The van der Waals surface area contributed by atoms with E-state index in [9.17, 15) is 18.0 Å². The van der Waals surface area contributed by atoms with Gasteiger partial charge in [-0.05, 0) is 68.5 Å². The van der Waals surface area contributed by atoms with Crippen molar-refractivity contribution in [2.75, 3.05) is 11.9 Å². The number of piperidine rings is 1. The molecule has 0 radical (unpaired) electrons. The number of ether oxygens (including phenoxy) is 1. The average Bonchev–Trinajstić information content (AvgIpc) is 2.92. The molecule has 3 rings (SSSR count). The van der Waals surface area contributed by atoms with E-state index in [0.717, 1.165) is 12.1 Å². The van der Waals surface area contributed by atoms with Gasteiger partial charge in [-0.3, -0.25) is 5.32 Å². The molecule has 1 saturated heterocycles. The molecule has 2 aromatic rings. The van der Waals surface area contributed by atoms with E-state index in [2.05, 4.69) is 20.3 Å². The maximum absolute atomic E-state index is 13.6. The van der Waals surface area contributed by atoms with Crippen molar-refractivity contribution in [3.63, 3.8) is 0 Å². The van der Waals surface area contributed by atoms with Crippen LogP contribution in [-0.4, -0.2) is 58.1 Å². The molecule has 0 saturated carbocycles. The molecule has 1 fully saturated rings. The van der Waals surface area contributed by atoms with Crippen LogP contribution in [0.1, 0.15) is 70.1 Å². The fraction of sp³-hybridized carbons (Fsp3) is 0.556. The van der Waals surface area contributed by atoms with Crippen molar-refractivity contribution in [1.29, 1.82) is 5.53 Å². The van der Waals surface area contributed by atoms with Crippen molar-refractivity contribution in [3.05, 3.63) is 52.3 Å². The van der Waals surface area contributed by atoms with Crippen LogP contribution in [0.2, 0.25) is 5.02 Å². The Balaban J connectivity index is 2.04. The summed E-state index contributed by atoms with van der Waals surface area (Å²) in [6.07, 6.45) is 0.344. The average molecular weight is 598 g/mol. The number of anilines is 1. The minimum atomic E-state index is -4.55. The van der Waals surface area contributed by atoms with Crippen LogP contribution in [0, 0.1) is 5.53 Å². The third-order valence-corrected chi connectivity index (χ3v) is 7.28. The number of halogens is 4. The van der Waals surface area contributed by atoms with Gasteiger partial charge >= 0.3 is 12.3 Å². The second-order valence-corrected chi connectivity index (χ2v) is 10.6. The van der Waals surface area contributed by atoms with Crippen LogP contribution in [-0.2, 0) is 17.5 Å². The number of hydrogen-bond donors (Lipinski definition) is 2. The zero-order valence-electron chi connectivity index (χ0n) is 23.8. The molecule has 2 heterocycles. The first-order chi connectivity index (χ1) is 19.4. The zero-order chi connectivity index (χ0) is 30.3. The molecule has 1 aromatic heterocycles. The molecule has 1 aromatic carbocycles. The number of nitrogens with zero attached hydrogens (tertiary/aromatic N) is 6. The minimum absolute atomic E-state index is 0.0198. The van der Waals surface area contributed by atoms with Gasteiger partial charge in [0.1, 0.15) is 0 Å². The Morgan fingerprint density at radius 1 is 1.20 bits per heavy atom. The number of benzene rings is 1. The zero-order valence-corrected chi connectivity index (χ0v) is 24.6. The third-order valence-electron chi connectivity index (χ3n) is 7.07. The van der Waals surface area contributed by atoms with Gasteiger partial charge in [-0.2, -0.15) is 18.7 Å². The topological polar surface area (TPSA) is 124 Å². The second-order valence-electron chi connectivity index (χ2n) is 10.2. The molecule has 224 valence electrons. The Morgan fingerprint density at radius 3 is 2.29 bits per heavy atom. The number of rotatable bonds is 9. The van der Waals surface area contributed by atoms with Crippen LogP contribution in [0.15, 0.2) is 40.9 Å². The number of alkyl halides is 3. The quantitative estimate of drug-likeness (QED) is 0.168. The Hall–Kier alpha value is -3.32. The molecule has 1 unspecified atom stereocenters. The summed E-state index contributed by atoms with van der Waals surface area (Å²) in [5, 5.41) is 8.49. The number of nitrogens with one attached hydrogen (secondary N) is 1. The number of quaternary nitrogens is 1. The van der Waals surface area contributed by atoms with E-state index in [4.69, 9.17) is 21.9 Å². The van der Waals surface area contributed by atoms with Crippen molar-refractivity contribution in [2.45, 2.75) is 90.3 Å². The van der Waals surface area contributed by atoms with E-state index >= 15 is 0 Å². The predicted octanol–water partition coefficient (Wildman–Crippen LogP) is 5.61. The fourth-order valence-electron chi connectivity index (χ4n) is 5.19. The molecular formula is C27H37ClF3N8O2+. The van der Waals surface area contributed by atoms with Gasteiger partial charge in [0.05, 0.1) is 24.3 Å². The van der Waals surface area contributed by atoms with Gasteiger partial charge in [0, 0.05) is 42.1 Å². The largest absolute Gasteiger partial charge is 0.447 e. The van der Waals surface area contributed by atoms with Crippen LogP contribution >= 0.6 is 11.6 Å². The number of likely N-dealkylation sites (tertiary alicyclic amines) is 1. The lowest BCUT2D eigenvalue weighted by atomic mass is 9.87. The van der Waals surface area contributed by atoms with Gasteiger partial charge in [0.25, 0.3) is 5.84 Å². The lowest BCUT2D eigenvalue weighted by molar-refractivity contribution is -0.505. The summed E-state index contributed by atoms with van der Waals surface area (Å²) in [4.78, 5) is 25.8. The molecular weight excluding hydrogens is 561 g/mol. The summed E-state index contributed by atoms with van der Waals surface area (Å²) < 4.78 is 46.3. The van der Waals surface area contributed by atoms with Crippen molar-refractivity contribution >= 4 is 29.5 Å². The molecule has 3 atom stereocenters. The molecule has 0 bridgehead atoms. The highest BCUT2D eigenvalue weighted by atomic mass is 35.5. The van der Waals surface area contributed by atoms with Gasteiger partial charge in [0.2, 0.25) is 5.95 Å². The van der Waals surface area contributed by atoms with Crippen LogP contribution < -0.4 is 10.2 Å². The highest BCUT2D eigenvalue weighted by Crippen LogP contribution is 2.35. The molecule has 0 spiro atoms. The molecule has 1 aliphatic heterocycles. The Bertz CT molecular complexity index is 1210. The Kier molecular flexibility index (Phi) is 11.0. The predicted molar refractivity (Wildman–Crippen MR) is 149 cm³/mol. The van der Waals surface area contributed by atoms with E-state index in [1.165, 1.54) is 6.07 Å². The molecule has 0 aliphatic carbocycles. The fourth-order valence-corrected chi connectivity index (χ4v) is 5.45. The SMILES string of the molecule is CC[C@@H]1CC(N(Cc2cc(Cl)cc(C(F)(F)F)c2)c2ncc(/C(=N/N=N)[NH2+]C)cn2)C[C@H](CC)N1C(=O)OC(C)C. The molecule has 1 aliphatic rings. The standard InChI is InChI=1S/C27H36ClF3N8O2/c1-6-21-11-23(12-22(7-2)39(21)26(40)41-16(3)4)38(15-17-8-19(27(29,30)31)10-20(28)9-17)25-34-13-18(14-35-25)24(33-5)36-37-32/h8-10,13-14,16,21-23H,6-7,11-12,15H2,1-5H3,(H2,32,33,36)/p+1/t21-,22+,23?. The van der Waals surface area contributed by atoms with E-state index in [1.807, 2.05) is 23.6 Å². The number of amides is 1. The van der Waals surface area contributed by atoms with E-state index in [-0.39, 0.29) is 41.9 Å². The Morgan fingerprint density at radius 2 is 1.80 bits per heavy atom. The van der Waals surface area contributed by atoms with Crippen molar-refractivity contribution < 1.29 is 28.0 Å². The first-order valence-corrected chi connectivity index (χ1v) is 14.0. The summed E-state index contributed by atoms with van der Waals surface area (Å²) in [7, 11) is 1.75. The molecule has 1 amide bonds. The smallest absolute Gasteiger partial charge is 0.416 e. The lowest BCUT2D eigenvalue weighted by Gasteiger charge is -2.47. The number of carbonyl (C=O) groups is 1. The maximum atomic E-state index is 13.6. The van der Waals surface area contributed by atoms with Crippen molar-refractivity contribution in [3.8, 4) is 0 Å². The number of nitrogens with two attached hydrogens (primary N) is 1. The van der Waals surface area contributed by atoms with E-state index in [0.29, 0.717) is 48.6 Å². The second kappa shape index (κ2) is 14.0. The Labute approximate surface area is 242 Å². The summed E-state index contributed by atoms with van der Waals surface area (Å²) in [5.74, 6) is 0.727. The molecule has 41 heavy (non-hydrogen) atoms. The van der Waals surface area contributed by atoms with Gasteiger partial charge in [-0.25, -0.2) is 14.8 Å². The van der Waals surface area contributed by atoms with E-state index < -0.39 is 11.7 Å². The lowest BCUT2D eigenvalue weighted by Crippen LogP contribution is -2.84. The van der Waals surface area contributed by atoms with Crippen LogP contribution in [0.5, 0.6) is 0 Å². The number of hydrogen-bond acceptors (Lipinski definition) is 7. The highest BCUT2D eigenvalue weighted by molar-refractivity contribution is 6.30. The van der Waals surface area contributed by atoms with Crippen molar-refractivity contribution in [2.24, 2.45) is 10.3 Å². The minimum Gasteiger partial charge on any atom is -0.447 e. The summed E-state index contributed by atoms with van der Waals surface area (Å²) >= 11 is 6.11. The van der Waals surface area contributed by atoms with E-state index in [1.54, 1.807) is 38.6 Å². The molecule has 10 nitrogen and oxygen atoms in total. The number of carbonyl (C=O) groups excluding carboxylic acids is 1. The third kappa shape index (κ3) is 8.13. The van der Waals surface area contributed by atoms with Gasteiger partial charge in [-0.15, -0.1) is 0 Å². The highest BCUT2D eigenvalue weighted by Gasteiger charge is 2.41. The monoisotopic (exact) mass is 597 g/mol. The van der Waals surface area contributed by atoms with Gasteiger partial charge in [-0.1, -0.05) is 30.5 Å². The molecule has 14 heteroatoms. The van der Waals surface area contributed by atoms with Crippen molar-refractivity contribution in [1.82, 2.24) is 14.9 Å². The maximum Gasteiger partial charge on any atom is 0.416 e. The van der Waals surface area contributed by atoms with Gasteiger partial charge in [0.15, 0.2) is 0 Å². The number of aromatic nitrogens is 2.